The molecule has 4 aromatic rings. The summed E-state index contributed by atoms with van der Waals surface area (Å²) in [5.41, 5.74) is 14.3. The van der Waals surface area contributed by atoms with Gasteiger partial charge in [-0.25, -0.2) is 4.98 Å². The van der Waals surface area contributed by atoms with E-state index < -0.39 is 5.91 Å². The first kappa shape index (κ1) is 17.4. The van der Waals surface area contributed by atoms with Crippen LogP contribution < -0.4 is 16.2 Å². The number of nitrogen functional groups attached to an aromatic ring is 1. The van der Waals surface area contributed by atoms with Gasteiger partial charge in [0, 0.05) is 28.5 Å². The number of primary amides is 1. The van der Waals surface area contributed by atoms with Gasteiger partial charge < -0.3 is 16.2 Å². The number of fused-ring (bicyclic) bond motifs is 1. The fraction of sp³-hybridized carbons (Fsp3) is 0.0526. The second-order valence-electron chi connectivity index (χ2n) is 5.88. The summed E-state index contributed by atoms with van der Waals surface area (Å²) in [6.45, 7) is 0.174. The van der Waals surface area contributed by atoms with E-state index in [0.29, 0.717) is 21.3 Å². The van der Waals surface area contributed by atoms with Gasteiger partial charge in [-0.2, -0.15) is 0 Å². The Morgan fingerprint density at radius 1 is 1.26 bits per heavy atom. The summed E-state index contributed by atoms with van der Waals surface area (Å²) in [5, 5.41) is 0.544. The van der Waals surface area contributed by atoms with E-state index in [0.717, 1.165) is 21.8 Å². The van der Waals surface area contributed by atoms with Gasteiger partial charge >= 0.3 is 0 Å². The molecule has 1 amide bonds. The lowest BCUT2D eigenvalue weighted by Gasteiger charge is -2.08. The third kappa shape index (κ3) is 3.34. The zero-order chi connectivity index (χ0) is 19.0. The van der Waals surface area contributed by atoms with Gasteiger partial charge in [0.25, 0.3) is 5.91 Å². The SMILES string of the molecule is NC(=O)c1sc(-c2cnc3ccccn23)cc1OCc1cc(N)ccc1Cl. The van der Waals surface area contributed by atoms with Crippen molar-refractivity contribution in [2.75, 3.05) is 5.73 Å². The van der Waals surface area contributed by atoms with Crippen LogP contribution in [-0.2, 0) is 6.61 Å². The number of benzene rings is 1. The predicted molar refractivity (Wildman–Crippen MR) is 107 cm³/mol. The number of halogens is 1. The van der Waals surface area contributed by atoms with Crippen LogP contribution in [0.1, 0.15) is 15.2 Å². The van der Waals surface area contributed by atoms with Crippen LogP contribution in [-0.4, -0.2) is 15.3 Å². The number of carbonyl (C=O) groups excluding carboxylic acids is 1. The predicted octanol–water partition coefficient (Wildman–Crippen LogP) is 3.98. The average molecular weight is 399 g/mol. The number of ether oxygens (including phenoxy) is 1. The first-order chi connectivity index (χ1) is 13.0. The summed E-state index contributed by atoms with van der Waals surface area (Å²) in [5.74, 6) is -0.138. The molecule has 27 heavy (non-hydrogen) atoms. The first-order valence-electron chi connectivity index (χ1n) is 8.06. The Balaban J connectivity index is 1.69. The van der Waals surface area contributed by atoms with Gasteiger partial charge in [-0.05, 0) is 30.3 Å². The van der Waals surface area contributed by atoms with Crippen molar-refractivity contribution in [2.45, 2.75) is 6.61 Å². The lowest BCUT2D eigenvalue weighted by atomic mass is 10.2. The number of imidazole rings is 1. The minimum absolute atomic E-state index is 0.174. The Labute approximate surface area is 164 Å². The molecule has 0 atom stereocenters. The molecule has 6 nitrogen and oxygen atoms in total. The summed E-state index contributed by atoms with van der Waals surface area (Å²) in [6.07, 6.45) is 3.67. The molecule has 3 heterocycles. The van der Waals surface area contributed by atoms with E-state index >= 15 is 0 Å². The van der Waals surface area contributed by atoms with Crippen molar-refractivity contribution in [1.82, 2.24) is 9.38 Å². The molecule has 0 aliphatic heterocycles. The molecule has 0 bridgehead atoms. The highest BCUT2D eigenvalue weighted by Crippen LogP contribution is 2.37. The van der Waals surface area contributed by atoms with Crippen LogP contribution in [0, 0.1) is 0 Å². The van der Waals surface area contributed by atoms with Crippen LogP contribution in [0.2, 0.25) is 5.02 Å². The van der Waals surface area contributed by atoms with Crippen molar-refractivity contribution in [3.8, 4) is 16.3 Å². The summed E-state index contributed by atoms with van der Waals surface area (Å²) in [4.78, 5) is 17.4. The lowest BCUT2D eigenvalue weighted by molar-refractivity contribution is 0.1000. The Kier molecular flexibility index (Phi) is 4.47. The minimum atomic E-state index is -0.547. The molecule has 0 unspecified atom stereocenters. The zero-order valence-corrected chi connectivity index (χ0v) is 15.6. The summed E-state index contributed by atoms with van der Waals surface area (Å²) in [7, 11) is 0. The fourth-order valence-corrected chi connectivity index (χ4v) is 3.89. The maximum atomic E-state index is 11.9. The van der Waals surface area contributed by atoms with Crippen molar-refractivity contribution >= 4 is 40.2 Å². The van der Waals surface area contributed by atoms with Crippen molar-refractivity contribution in [1.29, 1.82) is 0 Å². The number of hydrogen-bond acceptors (Lipinski definition) is 5. The fourth-order valence-electron chi connectivity index (χ4n) is 2.76. The van der Waals surface area contributed by atoms with Gasteiger partial charge in [0.15, 0.2) is 0 Å². The number of nitrogens with two attached hydrogens (primary N) is 2. The zero-order valence-electron chi connectivity index (χ0n) is 14.1. The molecule has 3 aromatic heterocycles. The van der Waals surface area contributed by atoms with E-state index in [1.807, 2.05) is 28.8 Å². The van der Waals surface area contributed by atoms with E-state index in [1.165, 1.54) is 11.3 Å². The molecule has 0 aliphatic carbocycles. The van der Waals surface area contributed by atoms with Crippen molar-refractivity contribution < 1.29 is 9.53 Å². The molecule has 8 heteroatoms. The van der Waals surface area contributed by atoms with Gasteiger partial charge in [-0.3, -0.25) is 9.20 Å². The second kappa shape index (κ2) is 6.94. The molecule has 4 rings (SSSR count). The van der Waals surface area contributed by atoms with Gasteiger partial charge in [-0.15, -0.1) is 11.3 Å². The monoisotopic (exact) mass is 398 g/mol. The van der Waals surface area contributed by atoms with Crippen LogP contribution >= 0.6 is 22.9 Å². The summed E-state index contributed by atoms with van der Waals surface area (Å²) < 4.78 is 7.79. The number of hydrogen-bond donors (Lipinski definition) is 2. The van der Waals surface area contributed by atoms with E-state index in [2.05, 4.69) is 4.98 Å². The quantitative estimate of drug-likeness (QED) is 0.497. The molecular formula is C19H15ClN4O2S. The Morgan fingerprint density at radius 3 is 2.93 bits per heavy atom. The van der Waals surface area contributed by atoms with Gasteiger partial charge in [0.2, 0.25) is 0 Å². The van der Waals surface area contributed by atoms with E-state index in [9.17, 15) is 4.79 Å². The molecule has 0 fully saturated rings. The number of amides is 1. The minimum Gasteiger partial charge on any atom is -0.487 e. The standard InChI is InChI=1S/C19H15ClN4O2S/c20-13-5-4-12(21)7-11(13)10-26-15-8-16(27-18(15)19(22)25)14-9-23-17-3-1-2-6-24(14)17/h1-9H,10,21H2,(H2,22,25). The van der Waals surface area contributed by atoms with Crippen LogP contribution in [0.25, 0.3) is 16.2 Å². The van der Waals surface area contributed by atoms with Crippen LogP contribution in [0.15, 0.2) is 54.9 Å². The van der Waals surface area contributed by atoms with Gasteiger partial charge in [0.05, 0.1) is 16.8 Å². The number of thiophene rings is 1. The highest BCUT2D eigenvalue weighted by Gasteiger charge is 2.18. The summed E-state index contributed by atoms with van der Waals surface area (Å²) >= 11 is 7.44. The molecule has 0 radical (unpaired) electrons. The average Bonchev–Trinajstić information content (AvgIpc) is 3.26. The van der Waals surface area contributed by atoms with Crippen LogP contribution in [0.4, 0.5) is 5.69 Å². The Morgan fingerprint density at radius 2 is 2.11 bits per heavy atom. The molecule has 136 valence electrons. The molecule has 0 saturated carbocycles. The topological polar surface area (TPSA) is 95.6 Å². The molecule has 4 N–H and O–H groups in total. The highest BCUT2D eigenvalue weighted by atomic mass is 35.5. The van der Waals surface area contributed by atoms with Crippen molar-refractivity contribution in [3.63, 3.8) is 0 Å². The number of aromatic nitrogens is 2. The van der Waals surface area contributed by atoms with Crippen molar-refractivity contribution in [3.05, 3.63) is 70.3 Å². The number of anilines is 1. The lowest BCUT2D eigenvalue weighted by Crippen LogP contribution is -2.10. The largest absolute Gasteiger partial charge is 0.487 e. The number of nitrogens with zero attached hydrogens (tertiary/aromatic N) is 2. The smallest absolute Gasteiger partial charge is 0.262 e. The molecular weight excluding hydrogens is 384 g/mol. The second-order valence-corrected chi connectivity index (χ2v) is 7.34. The van der Waals surface area contributed by atoms with Gasteiger partial charge in [0.1, 0.15) is 22.9 Å². The third-order valence-electron chi connectivity index (χ3n) is 4.04. The van der Waals surface area contributed by atoms with E-state index in [-0.39, 0.29) is 6.61 Å². The maximum Gasteiger partial charge on any atom is 0.262 e. The van der Waals surface area contributed by atoms with Crippen molar-refractivity contribution in [2.24, 2.45) is 5.73 Å². The molecule has 0 spiro atoms. The van der Waals surface area contributed by atoms with Crippen LogP contribution in [0.3, 0.4) is 0 Å². The molecule has 0 aliphatic rings. The highest BCUT2D eigenvalue weighted by molar-refractivity contribution is 7.17. The Hall–Kier alpha value is -3.03. The normalized spacial score (nSPS) is 11.0. The first-order valence-corrected chi connectivity index (χ1v) is 9.25. The number of pyridine rings is 1. The van der Waals surface area contributed by atoms with E-state index in [4.69, 9.17) is 27.8 Å². The molecule has 0 saturated heterocycles. The third-order valence-corrected chi connectivity index (χ3v) is 5.57. The number of carbonyl (C=O) groups is 1. The van der Waals surface area contributed by atoms with E-state index in [1.54, 1.807) is 30.5 Å². The van der Waals surface area contributed by atoms with Gasteiger partial charge in [-0.1, -0.05) is 17.7 Å². The summed E-state index contributed by atoms with van der Waals surface area (Å²) in [6, 6.07) is 12.7. The number of rotatable bonds is 5. The molecule has 1 aromatic carbocycles. The maximum absolute atomic E-state index is 11.9. The Bertz CT molecular complexity index is 1150. The van der Waals surface area contributed by atoms with Crippen LogP contribution in [0.5, 0.6) is 5.75 Å².